The van der Waals surface area contributed by atoms with Gasteiger partial charge in [0.25, 0.3) is 0 Å². The van der Waals surface area contributed by atoms with E-state index in [0.717, 1.165) is 31.1 Å². The zero-order valence-corrected chi connectivity index (χ0v) is 13.6. The summed E-state index contributed by atoms with van der Waals surface area (Å²) in [4.78, 5) is 3.82. The lowest BCUT2D eigenvalue weighted by Gasteiger charge is -2.39. The number of rotatable bonds is 5. The average molecular weight is 315 g/mol. The van der Waals surface area contributed by atoms with E-state index < -0.39 is 0 Å². The molecule has 0 bridgehead atoms. The van der Waals surface area contributed by atoms with Gasteiger partial charge in [-0.3, -0.25) is 4.90 Å². The first-order valence-electron chi connectivity index (χ1n) is 7.61. The van der Waals surface area contributed by atoms with Crippen LogP contribution >= 0.6 is 22.9 Å². The third-order valence-corrected chi connectivity index (χ3v) is 5.77. The Labute approximate surface area is 130 Å². The minimum Gasteiger partial charge on any atom is -0.373 e. The van der Waals surface area contributed by atoms with E-state index in [0.29, 0.717) is 6.04 Å². The highest BCUT2D eigenvalue weighted by molar-refractivity contribution is 7.10. The van der Waals surface area contributed by atoms with Crippen LogP contribution in [0.15, 0.2) is 11.4 Å². The fourth-order valence-corrected chi connectivity index (χ4v) is 4.57. The van der Waals surface area contributed by atoms with Crippen LogP contribution in [0.25, 0.3) is 0 Å². The highest BCUT2D eigenvalue weighted by Gasteiger charge is 2.37. The van der Waals surface area contributed by atoms with E-state index >= 15 is 0 Å². The van der Waals surface area contributed by atoms with Gasteiger partial charge in [-0.25, -0.2) is 0 Å². The Hall–Kier alpha value is -0.130. The Morgan fingerprint density at radius 3 is 3.25 bits per heavy atom. The van der Waals surface area contributed by atoms with Gasteiger partial charge in [0.05, 0.1) is 23.8 Å². The molecule has 0 radical (unpaired) electrons. The van der Waals surface area contributed by atoms with E-state index in [-0.39, 0.29) is 12.1 Å². The molecule has 0 aromatic carbocycles. The highest BCUT2D eigenvalue weighted by atomic mass is 35.5. The number of halogens is 1. The summed E-state index contributed by atoms with van der Waals surface area (Å²) in [6.07, 6.45) is 3.94. The number of ether oxygens (including phenoxy) is 1. The Morgan fingerprint density at radius 2 is 2.50 bits per heavy atom. The molecule has 2 aliphatic rings. The lowest BCUT2D eigenvalue weighted by Crippen LogP contribution is -2.50. The monoisotopic (exact) mass is 314 g/mol. The van der Waals surface area contributed by atoms with Gasteiger partial charge in [-0.1, -0.05) is 18.5 Å². The minimum atomic E-state index is 0.215. The molecule has 1 N–H and O–H groups in total. The van der Waals surface area contributed by atoms with E-state index in [1.54, 1.807) is 11.3 Å². The zero-order valence-electron chi connectivity index (χ0n) is 12.0. The molecule has 3 rings (SSSR count). The quantitative estimate of drug-likeness (QED) is 0.902. The van der Waals surface area contributed by atoms with Crippen molar-refractivity contribution in [2.75, 3.05) is 26.2 Å². The van der Waals surface area contributed by atoms with Gasteiger partial charge in [0.2, 0.25) is 0 Å². The van der Waals surface area contributed by atoms with Crippen LogP contribution in [0.4, 0.5) is 0 Å². The molecule has 1 aromatic heterocycles. The second-order valence-electron chi connectivity index (χ2n) is 5.73. The topological polar surface area (TPSA) is 24.5 Å². The first-order valence-corrected chi connectivity index (χ1v) is 8.87. The van der Waals surface area contributed by atoms with Crippen LogP contribution in [0.2, 0.25) is 5.02 Å². The van der Waals surface area contributed by atoms with E-state index in [1.807, 2.05) is 6.07 Å². The van der Waals surface area contributed by atoms with Gasteiger partial charge in [0, 0.05) is 17.5 Å². The number of hydrogen-bond acceptors (Lipinski definition) is 4. The van der Waals surface area contributed by atoms with Crippen molar-refractivity contribution in [3.05, 3.63) is 21.3 Å². The van der Waals surface area contributed by atoms with Crippen LogP contribution in [0.3, 0.4) is 0 Å². The van der Waals surface area contributed by atoms with Crippen LogP contribution in [-0.2, 0) is 4.74 Å². The number of nitrogens with zero attached hydrogens (tertiary/aromatic N) is 1. The molecule has 2 saturated heterocycles. The molecule has 3 unspecified atom stereocenters. The van der Waals surface area contributed by atoms with E-state index in [9.17, 15) is 0 Å². The van der Waals surface area contributed by atoms with Gasteiger partial charge in [0.1, 0.15) is 0 Å². The first kappa shape index (κ1) is 14.8. The summed E-state index contributed by atoms with van der Waals surface area (Å²) in [5.41, 5.74) is 0. The van der Waals surface area contributed by atoms with Crippen molar-refractivity contribution in [2.45, 2.75) is 44.4 Å². The van der Waals surface area contributed by atoms with Crippen molar-refractivity contribution in [3.8, 4) is 0 Å². The SMILES string of the molecule is CCCNC(c1sccc1Cl)C1CN2CCCC2CO1. The minimum absolute atomic E-state index is 0.215. The smallest absolute Gasteiger partial charge is 0.0905 e. The molecule has 2 fully saturated rings. The van der Waals surface area contributed by atoms with Gasteiger partial charge in [0.15, 0.2) is 0 Å². The molecule has 3 atom stereocenters. The van der Waals surface area contributed by atoms with Gasteiger partial charge in [-0.05, 0) is 43.8 Å². The van der Waals surface area contributed by atoms with Crippen LogP contribution in [0.1, 0.15) is 37.1 Å². The molecule has 3 heterocycles. The molecule has 1 aromatic rings. The second-order valence-corrected chi connectivity index (χ2v) is 7.08. The number of morpholine rings is 1. The number of thiophene rings is 1. The summed E-state index contributed by atoms with van der Waals surface area (Å²) in [6.45, 7) is 6.32. The molecule has 0 aliphatic carbocycles. The molecule has 5 heteroatoms. The van der Waals surface area contributed by atoms with Crippen molar-refractivity contribution < 1.29 is 4.74 Å². The maximum absolute atomic E-state index is 6.35. The predicted octanol–water partition coefficient (Wildman–Crippen LogP) is 3.31. The maximum atomic E-state index is 6.35. The molecular formula is C15H23ClN2OS. The lowest BCUT2D eigenvalue weighted by atomic mass is 10.1. The normalized spacial score (nSPS) is 28.5. The highest BCUT2D eigenvalue weighted by Crippen LogP contribution is 2.34. The Balaban J connectivity index is 1.73. The Morgan fingerprint density at radius 1 is 1.60 bits per heavy atom. The fraction of sp³-hybridized carbons (Fsp3) is 0.733. The summed E-state index contributed by atoms with van der Waals surface area (Å²) in [7, 11) is 0. The van der Waals surface area contributed by atoms with E-state index in [1.165, 1.54) is 24.3 Å². The summed E-state index contributed by atoms with van der Waals surface area (Å²) < 4.78 is 6.17. The average Bonchev–Trinajstić information content (AvgIpc) is 3.08. The second kappa shape index (κ2) is 6.75. The standard InChI is InChI=1S/C15H23ClN2OS/c1-2-6-17-14(15-12(16)5-8-20-15)13-9-18-7-3-4-11(18)10-19-13/h5,8,11,13-14,17H,2-4,6-7,9-10H2,1H3. The number of fused-ring (bicyclic) bond motifs is 1. The molecule has 0 saturated carbocycles. The van der Waals surface area contributed by atoms with Gasteiger partial charge in [-0.15, -0.1) is 11.3 Å². The predicted molar refractivity (Wildman–Crippen MR) is 84.7 cm³/mol. The summed E-state index contributed by atoms with van der Waals surface area (Å²) in [5, 5.41) is 6.58. The van der Waals surface area contributed by atoms with Crippen molar-refractivity contribution in [2.24, 2.45) is 0 Å². The maximum Gasteiger partial charge on any atom is 0.0905 e. The van der Waals surface area contributed by atoms with Crippen molar-refractivity contribution in [1.82, 2.24) is 10.2 Å². The van der Waals surface area contributed by atoms with Gasteiger partial charge >= 0.3 is 0 Å². The number of hydrogen-bond donors (Lipinski definition) is 1. The van der Waals surface area contributed by atoms with Crippen molar-refractivity contribution in [3.63, 3.8) is 0 Å². The van der Waals surface area contributed by atoms with Crippen LogP contribution in [0.5, 0.6) is 0 Å². The van der Waals surface area contributed by atoms with E-state index in [4.69, 9.17) is 16.3 Å². The molecule has 2 aliphatic heterocycles. The molecule has 112 valence electrons. The molecule has 20 heavy (non-hydrogen) atoms. The molecule has 3 nitrogen and oxygen atoms in total. The summed E-state index contributed by atoms with van der Waals surface area (Å²) in [5.74, 6) is 0. The molecule has 0 spiro atoms. The first-order chi connectivity index (χ1) is 9.79. The third-order valence-electron chi connectivity index (χ3n) is 4.33. The van der Waals surface area contributed by atoms with Crippen LogP contribution < -0.4 is 5.32 Å². The third kappa shape index (κ3) is 3.04. The van der Waals surface area contributed by atoms with Gasteiger partial charge < -0.3 is 10.1 Å². The summed E-state index contributed by atoms with van der Waals surface area (Å²) in [6, 6.07) is 2.87. The fourth-order valence-electron chi connectivity index (χ4n) is 3.26. The van der Waals surface area contributed by atoms with Crippen molar-refractivity contribution >= 4 is 22.9 Å². The Bertz CT molecular complexity index is 439. The van der Waals surface area contributed by atoms with Crippen LogP contribution in [-0.4, -0.2) is 43.3 Å². The lowest BCUT2D eigenvalue weighted by molar-refractivity contribution is -0.0647. The number of nitrogens with one attached hydrogen (secondary N) is 1. The van der Waals surface area contributed by atoms with Crippen LogP contribution in [0, 0.1) is 0 Å². The summed E-state index contributed by atoms with van der Waals surface area (Å²) >= 11 is 8.08. The zero-order chi connectivity index (χ0) is 13.9. The van der Waals surface area contributed by atoms with Crippen molar-refractivity contribution in [1.29, 1.82) is 0 Å². The molecule has 0 amide bonds. The largest absolute Gasteiger partial charge is 0.373 e. The van der Waals surface area contributed by atoms with Gasteiger partial charge in [-0.2, -0.15) is 0 Å². The Kier molecular flexibility index (Phi) is 5.00. The molecular weight excluding hydrogens is 292 g/mol. The van der Waals surface area contributed by atoms with E-state index in [2.05, 4.69) is 22.5 Å².